The molecule has 106 valence electrons. The molecule has 19 heavy (non-hydrogen) atoms. The molecular weight excluding hydrogens is 262 g/mol. The highest BCUT2D eigenvalue weighted by molar-refractivity contribution is 7.89. The van der Waals surface area contributed by atoms with Crippen LogP contribution in [0, 0.1) is 5.92 Å². The van der Waals surface area contributed by atoms with Gasteiger partial charge >= 0.3 is 0 Å². The fourth-order valence-corrected chi connectivity index (χ4v) is 4.04. The minimum atomic E-state index is -3.48. The van der Waals surface area contributed by atoms with E-state index in [0.29, 0.717) is 24.7 Å². The summed E-state index contributed by atoms with van der Waals surface area (Å²) in [4.78, 5) is 4.04. The number of nitrogens with one attached hydrogen (secondary N) is 1. The van der Waals surface area contributed by atoms with Gasteiger partial charge in [-0.2, -0.15) is 4.31 Å². The summed E-state index contributed by atoms with van der Waals surface area (Å²) < 4.78 is 26.7. The van der Waals surface area contributed by atoms with Gasteiger partial charge in [0.05, 0.1) is 5.69 Å². The van der Waals surface area contributed by atoms with Crippen LogP contribution >= 0.6 is 0 Å². The monoisotopic (exact) mass is 283 g/mol. The molecule has 5 nitrogen and oxygen atoms in total. The van der Waals surface area contributed by atoms with E-state index in [0.717, 1.165) is 19.3 Å². The van der Waals surface area contributed by atoms with Crippen molar-refractivity contribution in [3.63, 3.8) is 0 Å². The Bertz CT molecular complexity index is 522. The third-order valence-electron chi connectivity index (χ3n) is 3.78. The molecule has 6 heteroatoms. The van der Waals surface area contributed by atoms with Crippen LogP contribution in [0.15, 0.2) is 23.4 Å². The average molecular weight is 283 g/mol. The van der Waals surface area contributed by atoms with E-state index in [1.54, 1.807) is 23.5 Å². The zero-order valence-corrected chi connectivity index (χ0v) is 12.3. The lowest BCUT2D eigenvalue weighted by Gasteiger charge is -2.30. The second kappa shape index (κ2) is 5.88. The standard InChI is InChI=1S/C13H21N3O2S/c1-3-11-6-9-16(10-7-11)19(17,18)13-12(14-2)5-4-8-15-13/h4-5,8,11,14H,3,6-7,9-10H2,1-2H3. The fraction of sp³-hybridized carbons (Fsp3) is 0.615. The Morgan fingerprint density at radius 2 is 2.11 bits per heavy atom. The molecule has 1 N–H and O–H groups in total. The number of nitrogens with zero attached hydrogens (tertiary/aromatic N) is 2. The molecule has 1 aliphatic heterocycles. The Kier molecular flexibility index (Phi) is 4.42. The largest absolute Gasteiger partial charge is 0.386 e. The maximum absolute atomic E-state index is 12.6. The zero-order valence-electron chi connectivity index (χ0n) is 11.5. The molecule has 0 radical (unpaired) electrons. The maximum Gasteiger partial charge on any atom is 0.262 e. The maximum atomic E-state index is 12.6. The highest BCUT2D eigenvalue weighted by Crippen LogP contribution is 2.27. The van der Waals surface area contributed by atoms with Gasteiger partial charge in [0.2, 0.25) is 0 Å². The lowest BCUT2D eigenvalue weighted by atomic mass is 9.96. The van der Waals surface area contributed by atoms with Gasteiger partial charge in [0, 0.05) is 26.3 Å². The third-order valence-corrected chi connectivity index (χ3v) is 5.63. The Morgan fingerprint density at radius 3 is 2.68 bits per heavy atom. The second-order valence-corrected chi connectivity index (χ2v) is 6.72. The van der Waals surface area contributed by atoms with Crippen molar-refractivity contribution < 1.29 is 8.42 Å². The molecule has 1 fully saturated rings. The molecule has 1 aliphatic rings. The van der Waals surface area contributed by atoms with E-state index in [-0.39, 0.29) is 5.03 Å². The number of rotatable bonds is 4. The first-order valence-corrected chi connectivity index (χ1v) is 8.16. The van der Waals surface area contributed by atoms with Crippen LogP contribution in [0.2, 0.25) is 0 Å². The van der Waals surface area contributed by atoms with Crippen LogP contribution in [0.4, 0.5) is 5.69 Å². The molecule has 2 heterocycles. The summed E-state index contributed by atoms with van der Waals surface area (Å²) in [5, 5.41) is 3.02. The number of hydrogen-bond donors (Lipinski definition) is 1. The number of hydrogen-bond acceptors (Lipinski definition) is 4. The first kappa shape index (κ1) is 14.3. The molecule has 0 spiro atoms. The Balaban J connectivity index is 2.23. The SMILES string of the molecule is CCC1CCN(S(=O)(=O)c2ncccc2NC)CC1. The highest BCUT2D eigenvalue weighted by Gasteiger charge is 2.31. The van der Waals surface area contributed by atoms with Crippen LogP contribution in [0.1, 0.15) is 26.2 Å². The van der Waals surface area contributed by atoms with Crippen LogP contribution in [0.5, 0.6) is 0 Å². The molecule has 2 rings (SSSR count). The van der Waals surface area contributed by atoms with Crippen molar-refractivity contribution in [3.05, 3.63) is 18.3 Å². The number of aromatic nitrogens is 1. The molecule has 0 saturated carbocycles. The van der Waals surface area contributed by atoms with Gasteiger partial charge in [-0.1, -0.05) is 13.3 Å². The van der Waals surface area contributed by atoms with Gasteiger partial charge in [0.25, 0.3) is 10.0 Å². The zero-order chi connectivity index (χ0) is 13.9. The molecule has 0 aliphatic carbocycles. The summed E-state index contributed by atoms with van der Waals surface area (Å²) in [5.41, 5.74) is 0.556. The van der Waals surface area contributed by atoms with Crippen molar-refractivity contribution in [1.29, 1.82) is 0 Å². The number of sulfonamides is 1. The molecule has 1 aromatic rings. The minimum absolute atomic E-state index is 0.132. The van der Waals surface area contributed by atoms with Crippen LogP contribution in [0.25, 0.3) is 0 Å². The van der Waals surface area contributed by atoms with Crippen molar-refractivity contribution >= 4 is 15.7 Å². The molecule has 0 amide bonds. The van der Waals surface area contributed by atoms with Crippen molar-refractivity contribution in [2.75, 3.05) is 25.5 Å². The van der Waals surface area contributed by atoms with E-state index in [4.69, 9.17) is 0 Å². The molecule has 0 atom stereocenters. The number of anilines is 1. The van der Waals surface area contributed by atoms with Gasteiger partial charge in [-0.3, -0.25) is 0 Å². The Hall–Kier alpha value is -1.14. The summed E-state index contributed by atoms with van der Waals surface area (Å²) in [7, 11) is -1.77. The molecule has 0 bridgehead atoms. The quantitative estimate of drug-likeness (QED) is 0.917. The molecule has 0 aromatic carbocycles. The van der Waals surface area contributed by atoms with E-state index in [1.165, 1.54) is 6.20 Å². The fourth-order valence-electron chi connectivity index (χ4n) is 2.47. The van der Waals surface area contributed by atoms with Gasteiger partial charge in [-0.25, -0.2) is 13.4 Å². The van der Waals surface area contributed by atoms with Crippen molar-refractivity contribution in [2.24, 2.45) is 5.92 Å². The summed E-state index contributed by atoms with van der Waals surface area (Å²) in [6.45, 7) is 3.35. The third kappa shape index (κ3) is 2.90. The minimum Gasteiger partial charge on any atom is -0.386 e. The van der Waals surface area contributed by atoms with E-state index >= 15 is 0 Å². The topological polar surface area (TPSA) is 62.3 Å². The van der Waals surface area contributed by atoms with E-state index in [9.17, 15) is 8.42 Å². The Labute approximate surface area is 115 Å². The number of pyridine rings is 1. The molecule has 0 unspecified atom stereocenters. The summed E-state index contributed by atoms with van der Waals surface area (Å²) in [6.07, 6.45) is 4.53. The highest BCUT2D eigenvalue weighted by atomic mass is 32.2. The first-order valence-electron chi connectivity index (χ1n) is 6.72. The van der Waals surface area contributed by atoms with Gasteiger partial charge in [0.1, 0.15) is 0 Å². The predicted molar refractivity (Wildman–Crippen MR) is 75.6 cm³/mol. The van der Waals surface area contributed by atoms with Crippen LogP contribution in [-0.2, 0) is 10.0 Å². The Morgan fingerprint density at radius 1 is 1.42 bits per heavy atom. The second-order valence-electron chi connectivity index (χ2n) is 4.86. The molecule has 1 aromatic heterocycles. The van der Waals surface area contributed by atoms with Gasteiger partial charge in [-0.15, -0.1) is 0 Å². The van der Waals surface area contributed by atoms with Crippen molar-refractivity contribution in [2.45, 2.75) is 31.2 Å². The lowest BCUT2D eigenvalue weighted by Crippen LogP contribution is -2.38. The normalized spacial score (nSPS) is 18.4. The summed E-state index contributed by atoms with van der Waals surface area (Å²) >= 11 is 0. The van der Waals surface area contributed by atoms with Crippen LogP contribution in [-0.4, -0.2) is 37.8 Å². The number of piperidine rings is 1. The smallest absolute Gasteiger partial charge is 0.262 e. The van der Waals surface area contributed by atoms with Gasteiger partial charge < -0.3 is 5.32 Å². The summed E-state index contributed by atoms with van der Waals surface area (Å²) in [5.74, 6) is 0.652. The van der Waals surface area contributed by atoms with E-state index in [2.05, 4.69) is 17.2 Å². The van der Waals surface area contributed by atoms with Crippen LogP contribution in [0.3, 0.4) is 0 Å². The summed E-state index contributed by atoms with van der Waals surface area (Å²) in [6, 6.07) is 3.47. The van der Waals surface area contributed by atoms with Crippen LogP contribution < -0.4 is 5.32 Å². The average Bonchev–Trinajstić information content (AvgIpc) is 2.47. The van der Waals surface area contributed by atoms with E-state index in [1.807, 2.05) is 0 Å². The first-order chi connectivity index (χ1) is 9.09. The molecular formula is C13H21N3O2S. The lowest BCUT2D eigenvalue weighted by molar-refractivity contribution is 0.268. The van der Waals surface area contributed by atoms with Gasteiger partial charge in [-0.05, 0) is 30.9 Å². The predicted octanol–water partition coefficient (Wildman–Crippen LogP) is 1.93. The molecule has 1 saturated heterocycles. The van der Waals surface area contributed by atoms with Gasteiger partial charge in [0.15, 0.2) is 5.03 Å². The van der Waals surface area contributed by atoms with Crippen molar-refractivity contribution in [1.82, 2.24) is 9.29 Å². The van der Waals surface area contributed by atoms with Crippen molar-refractivity contribution in [3.8, 4) is 0 Å². The van der Waals surface area contributed by atoms with E-state index < -0.39 is 10.0 Å².